The number of anilines is 2. The van der Waals surface area contributed by atoms with Crippen LogP contribution in [0.4, 0.5) is 11.4 Å². The molecule has 202 valence electrons. The van der Waals surface area contributed by atoms with Crippen LogP contribution in [0, 0.1) is 11.8 Å². The molecule has 1 aliphatic heterocycles. The number of benzene rings is 4. The Labute approximate surface area is 238 Å². The fourth-order valence-corrected chi connectivity index (χ4v) is 4.89. The van der Waals surface area contributed by atoms with Gasteiger partial charge in [0.1, 0.15) is 18.9 Å². The van der Waals surface area contributed by atoms with Gasteiger partial charge in [0.25, 0.3) is 5.91 Å². The zero-order valence-electron chi connectivity index (χ0n) is 22.4. The Hall–Kier alpha value is -5.12. The first-order valence-corrected chi connectivity index (χ1v) is 13.6. The first kappa shape index (κ1) is 26.1. The van der Waals surface area contributed by atoms with Crippen molar-refractivity contribution in [2.45, 2.75) is 26.1 Å². The fourth-order valence-electron chi connectivity index (χ4n) is 4.89. The Morgan fingerprint density at radius 1 is 0.756 bits per heavy atom. The van der Waals surface area contributed by atoms with E-state index in [0.717, 1.165) is 33.2 Å². The molecule has 1 aromatic heterocycles. The number of amides is 1. The summed E-state index contributed by atoms with van der Waals surface area (Å²) in [6.45, 7) is 0.761. The largest absolute Gasteiger partial charge is 0.473 e. The molecule has 6 heteroatoms. The van der Waals surface area contributed by atoms with E-state index in [1.54, 1.807) is 11.0 Å². The maximum absolute atomic E-state index is 13.9. The summed E-state index contributed by atoms with van der Waals surface area (Å²) in [5, 5.41) is 10.8. The van der Waals surface area contributed by atoms with Gasteiger partial charge in [0.2, 0.25) is 11.8 Å². The predicted molar refractivity (Wildman–Crippen MR) is 159 cm³/mol. The number of carbonyl (C=O) groups is 1. The maximum Gasteiger partial charge on any atom is 0.263 e. The van der Waals surface area contributed by atoms with E-state index >= 15 is 0 Å². The molecule has 0 aliphatic carbocycles. The zero-order valence-corrected chi connectivity index (χ0v) is 22.4. The van der Waals surface area contributed by atoms with E-state index in [-0.39, 0.29) is 19.1 Å². The number of rotatable bonds is 9. The molecule has 0 unspecified atom stereocenters. The molecule has 6 rings (SSSR count). The average molecular weight is 541 g/mol. The van der Waals surface area contributed by atoms with E-state index in [0.29, 0.717) is 42.5 Å². The maximum atomic E-state index is 13.9. The van der Waals surface area contributed by atoms with Gasteiger partial charge in [0, 0.05) is 35.4 Å². The summed E-state index contributed by atoms with van der Waals surface area (Å²) in [6.07, 6.45) is 1.24. The van der Waals surface area contributed by atoms with Crippen molar-refractivity contribution in [1.82, 2.24) is 4.98 Å². The fraction of sp³-hybridized carbons (Fsp3) is 0.143. The highest BCUT2D eigenvalue weighted by atomic mass is 16.5. The van der Waals surface area contributed by atoms with Crippen molar-refractivity contribution >= 4 is 28.1 Å². The standard InChI is InChI=1S/C35H28N2O4/c38-22-9-3-8-15-27-18-19-29-33-28(27)16-10-17-30(33)37(35(29)39)31-20-21-32(40-23-25-11-4-1-5-12-25)36-34(31)41-24-26-13-6-2-7-14-26/h1-2,4-7,10-14,16-21,38H,3,9,22-24H2. The van der Waals surface area contributed by atoms with E-state index in [4.69, 9.17) is 19.6 Å². The summed E-state index contributed by atoms with van der Waals surface area (Å²) in [7, 11) is 0. The molecule has 1 aliphatic rings. The number of aliphatic hydroxyl groups is 1. The van der Waals surface area contributed by atoms with E-state index in [2.05, 4.69) is 11.8 Å². The van der Waals surface area contributed by atoms with Gasteiger partial charge >= 0.3 is 0 Å². The minimum Gasteiger partial charge on any atom is -0.473 e. The second-order valence-corrected chi connectivity index (χ2v) is 9.65. The van der Waals surface area contributed by atoms with Crippen LogP contribution in [0.2, 0.25) is 0 Å². The third-order valence-corrected chi connectivity index (χ3v) is 6.88. The third kappa shape index (κ3) is 5.49. The van der Waals surface area contributed by atoms with Crippen LogP contribution in [-0.2, 0) is 13.2 Å². The van der Waals surface area contributed by atoms with Gasteiger partial charge < -0.3 is 14.6 Å². The molecule has 2 heterocycles. The van der Waals surface area contributed by atoms with Crippen LogP contribution in [0.5, 0.6) is 11.8 Å². The minimum absolute atomic E-state index is 0.112. The Balaban J connectivity index is 1.37. The van der Waals surface area contributed by atoms with Crippen molar-refractivity contribution in [2.75, 3.05) is 11.5 Å². The van der Waals surface area contributed by atoms with Crippen LogP contribution in [0.25, 0.3) is 10.8 Å². The molecule has 0 saturated heterocycles. The van der Waals surface area contributed by atoms with Gasteiger partial charge in [-0.05, 0) is 41.8 Å². The molecule has 4 aromatic carbocycles. The first-order chi connectivity index (χ1) is 20.2. The Morgan fingerprint density at radius 2 is 1.49 bits per heavy atom. The van der Waals surface area contributed by atoms with Gasteiger partial charge in [-0.25, -0.2) is 0 Å². The van der Waals surface area contributed by atoms with Crippen molar-refractivity contribution in [2.24, 2.45) is 0 Å². The molecule has 41 heavy (non-hydrogen) atoms. The van der Waals surface area contributed by atoms with Crippen LogP contribution < -0.4 is 14.4 Å². The van der Waals surface area contributed by atoms with Gasteiger partial charge in [-0.15, -0.1) is 0 Å². The number of aliphatic hydroxyl groups excluding tert-OH is 1. The summed E-state index contributed by atoms with van der Waals surface area (Å²) in [6, 6.07) is 32.9. The lowest BCUT2D eigenvalue weighted by Crippen LogP contribution is -2.22. The van der Waals surface area contributed by atoms with Gasteiger partial charge in [0.15, 0.2) is 0 Å². The normalized spacial score (nSPS) is 11.8. The molecule has 0 spiro atoms. The van der Waals surface area contributed by atoms with Crippen LogP contribution in [0.1, 0.15) is 39.9 Å². The molecule has 0 atom stereocenters. The quantitative estimate of drug-likeness (QED) is 0.164. The summed E-state index contributed by atoms with van der Waals surface area (Å²) >= 11 is 0. The van der Waals surface area contributed by atoms with Crippen molar-refractivity contribution in [3.8, 4) is 23.6 Å². The van der Waals surface area contributed by atoms with Crippen LogP contribution in [-0.4, -0.2) is 22.6 Å². The SMILES string of the molecule is O=C1c2ccc(C#CCCCO)c3cccc(c23)N1c1ccc(OCc2ccccc2)nc1OCc1ccccc1. The number of ether oxygens (including phenoxy) is 2. The highest BCUT2D eigenvalue weighted by Gasteiger charge is 2.34. The molecule has 0 bridgehead atoms. The smallest absolute Gasteiger partial charge is 0.263 e. The number of hydrogen-bond acceptors (Lipinski definition) is 5. The lowest BCUT2D eigenvalue weighted by atomic mass is 10.0. The average Bonchev–Trinajstić information content (AvgIpc) is 3.31. The van der Waals surface area contributed by atoms with Gasteiger partial charge in [0.05, 0.1) is 11.3 Å². The number of hydrogen-bond donors (Lipinski definition) is 1. The second-order valence-electron chi connectivity index (χ2n) is 9.65. The molecular formula is C35H28N2O4. The van der Waals surface area contributed by atoms with E-state index < -0.39 is 0 Å². The summed E-state index contributed by atoms with van der Waals surface area (Å²) < 4.78 is 12.2. The van der Waals surface area contributed by atoms with Gasteiger partial charge in [-0.1, -0.05) is 84.6 Å². The lowest BCUT2D eigenvalue weighted by Gasteiger charge is -2.21. The van der Waals surface area contributed by atoms with E-state index in [9.17, 15) is 4.79 Å². The first-order valence-electron chi connectivity index (χ1n) is 13.6. The van der Waals surface area contributed by atoms with Crippen molar-refractivity contribution in [3.63, 3.8) is 0 Å². The molecule has 0 radical (unpaired) electrons. The Morgan fingerprint density at radius 3 is 2.22 bits per heavy atom. The molecule has 5 aromatic rings. The second kappa shape index (κ2) is 12.0. The monoisotopic (exact) mass is 540 g/mol. The zero-order chi connectivity index (χ0) is 28.0. The molecule has 1 N–H and O–H groups in total. The minimum atomic E-state index is -0.152. The summed E-state index contributed by atoms with van der Waals surface area (Å²) in [4.78, 5) is 20.2. The molecular weight excluding hydrogens is 512 g/mol. The van der Waals surface area contributed by atoms with Crippen LogP contribution in [0.15, 0.2) is 103 Å². The van der Waals surface area contributed by atoms with E-state index in [1.807, 2.05) is 97.1 Å². The topological polar surface area (TPSA) is 71.9 Å². The van der Waals surface area contributed by atoms with Crippen LogP contribution in [0.3, 0.4) is 0 Å². The highest BCUT2D eigenvalue weighted by Crippen LogP contribution is 2.45. The Bertz CT molecular complexity index is 1760. The van der Waals surface area contributed by atoms with Crippen molar-refractivity contribution in [3.05, 3.63) is 125 Å². The van der Waals surface area contributed by atoms with Crippen molar-refractivity contribution in [1.29, 1.82) is 0 Å². The van der Waals surface area contributed by atoms with Crippen molar-refractivity contribution < 1.29 is 19.4 Å². The summed E-state index contributed by atoms with van der Waals surface area (Å²) in [5.74, 6) is 6.90. The lowest BCUT2D eigenvalue weighted by molar-refractivity contribution is 0.100. The Kier molecular flexibility index (Phi) is 7.61. The highest BCUT2D eigenvalue weighted by molar-refractivity contribution is 6.28. The number of unbranched alkanes of at least 4 members (excludes halogenated alkanes) is 1. The molecule has 1 amide bonds. The number of nitrogens with zero attached hydrogens (tertiary/aromatic N) is 2. The predicted octanol–water partition coefficient (Wildman–Crippen LogP) is 6.81. The third-order valence-electron chi connectivity index (χ3n) is 6.88. The van der Waals surface area contributed by atoms with Gasteiger partial charge in [-0.2, -0.15) is 4.98 Å². The molecule has 6 nitrogen and oxygen atoms in total. The summed E-state index contributed by atoms with van der Waals surface area (Å²) in [5.41, 5.74) is 4.76. The molecule has 0 saturated carbocycles. The number of pyridine rings is 1. The van der Waals surface area contributed by atoms with Gasteiger partial charge in [-0.3, -0.25) is 9.69 Å². The molecule has 0 fully saturated rings. The number of carbonyl (C=O) groups excluding carboxylic acids is 1. The van der Waals surface area contributed by atoms with Crippen LogP contribution >= 0.6 is 0 Å². The number of aromatic nitrogens is 1. The van der Waals surface area contributed by atoms with E-state index in [1.165, 1.54) is 0 Å².